The van der Waals surface area contributed by atoms with Gasteiger partial charge in [0.15, 0.2) is 5.69 Å². The van der Waals surface area contributed by atoms with E-state index in [1.807, 2.05) is 11.9 Å². The summed E-state index contributed by atoms with van der Waals surface area (Å²) in [6.07, 6.45) is 1.42. The molecule has 19 heavy (non-hydrogen) atoms. The molecule has 1 fully saturated rings. The van der Waals surface area contributed by atoms with Crippen LogP contribution in [0.1, 0.15) is 17.4 Å². The number of anilines is 1. The number of nitrogens with one attached hydrogen (secondary N) is 1. The minimum atomic E-state index is -0.461. The number of nitrogens with zero attached hydrogens (tertiary/aromatic N) is 2. The van der Waals surface area contributed by atoms with Gasteiger partial charge < -0.3 is 24.1 Å². The molecule has 1 aliphatic heterocycles. The topological polar surface area (TPSA) is 76.8 Å². The largest absolute Gasteiger partial charge is 0.461 e. The molecule has 2 heterocycles. The fourth-order valence-electron chi connectivity index (χ4n) is 1.95. The molecule has 0 saturated carbocycles. The number of hydrogen-bond acceptors (Lipinski definition) is 7. The lowest BCUT2D eigenvalue weighted by atomic mass is 10.3. The van der Waals surface area contributed by atoms with Crippen LogP contribution in [0.25, 0.3) is 0 Å². The second-order valence-electron chi connectivity index (χ2n) is 4.23. The van der Waals surface area contributed by atoms with Crippen molar-refractivity contribution >= 4 is 12.0 Å². The van der Waals surface area contributed by atoms with Crippen molar-refractivity contribution in [3.8, 4) is 0 Å². The van der Waals surface area contributed by atoms with E-state index in [-0.39, 0.29) is 11.8 Å². The van der Waals surface area contributed by atoms with Gasteiger partial charge in [0.2, 0.25) is 0 Å². The van der Waals surface area contributed by atoms with Crippen molar-refractivity contribution in [2.75, 3.05) is 44.8 Å². The number of oxazole rings is 1. The number of aromatic nitrogens is 1. The van der Waals surface area contributed by atoms with E-state index < -0.39 is 5.97 Å². The maximum absolute atomic E-state index is 11.5. The number of carbonyl (C=O) groups excluding carboxylic acids is 1. The monoisotopic (exact) mass is 269 g/mol. The number of esters is 1. The van der Waals surface area contributed by atoms with Crippen molar-refractivity contribution in [2.45, 2.75) is 13.0 Å². The van der Waals surface area contributed by atoms with E-state index in [0.717, 1.165) is 6.54 Å². The summed E-state index contributed by atoms with van der Waals surface area (Å²) in [6, 6.07) is 0.437. The van der Waals surface area contributed by atoms with Gasteiger partial charge in [-0.25, -0.2) is 4.79 Å². The first kappa shape index (κ1) is 13.8. The van der Waals surface area contributed by atoms with Gasteiger partial charge in [-0.1, -0.05) is 0 Å². The number of morpholine rings is 1. The molecule has 1 unspecified atom stereocenters. The van der Waals surface area contributed by atoms with Gasteiger partial charge in [0.05, 0.1) is 19.3 Å². The van der Waals surface area contributed by atoms with Crippen LogP contribution in [0, 0.1) is 0 Å². The Hall–Kier alpha value is -1.60. The van der Waals surface area contributed by atoms with E-state index >= 15 is 0 Å². The molecule has 0 bridgehead atoms. The summed E-state index contributed by atoms with van der Waals surface area (Å²) in [4.78, 5) is 17.6. The molecule has 1 N–H and O–H groups in total. The molecule has 0 amide bonds. The molecule has 7 heteroatoms. The highest BCUT2D eigenvalue weighted by Crippen LogP contribution is 2.17. The highest BCUT2D eigenvalue weighted by molar-refractivity contribution is 5.87. The minimum Gasteiger partial charge on any atom is -0.461 e. The Bertz CT molecular complexity index is 419. The van der Waals surface area contributed by atoms with Gasteiger partial charge in [-0.15, -0.1) is 0 Å². The molecule has 0 aliphatic carbocycles. The fourth-order valence-corrected chi connectivity index (χ4v) is 1.95. The normalized spacial score (nSPS) is 19.5. The Morgan fingerprint density at radius 3 is 3.26 bits per heavy atom. The maximum atomic E-state index is 11.5. The molecular formula is C12H19N3O4. The van der Waals surface area contributed by atoms with Crippen molar-refractivity contribution in [3.05, 3.63) is 12.0 Å². The number of ether oxygens (including phenoxy) is 2. The molecular weight excluding hydrogens is 250 g/mol. The lowest BCUT2D eigenvalue weighted by molar-refractivity contribution is 0.0404. The molecule has 1 aliphatic rings. The van der Waals surface area contributed by atoms with E-state index in [1.165, 1.54) is 6.26 Å². The van der Waals surface area contributed by atoms with Gasteiger partial charge in [-0.3, -0.25) is 0 Å². The Morgan fingerprint density at radius 1 is 1.68 bits per heavy atom. The van der Waals surface area contributed by atoms with Crippen LogP contribution >= 0.6 is 0 Å². The number of likely N-dealkylation sites (N-methyl/N-ethyl adjacent to an activating group) is 1. The average Bonchev–Trinajstić information content (AvgIpc) is 2.89. The summed E-state index contributed by atoms with van der Waals surface area (Å²) in [5.41, 5.74) is 0.202. The van der Waals surface area contributed by atoms with Crippen molar-refractivity contribution in [2.24, 2.45) is 0 Å². The summed E-state index contributed by atoms with van der Waals surface area (Å²) in [5, 5.41) is 3.07. The van der Waals surface area contributed by atoms with Crippen molar-refractivity contribution in [1.29, 1.82) is 0 Å². The van der Waals surface area contributed by atoms with Crippen LogP contribution in [0.15, 0.2) is 10.7 Å². The Labute approximate surface area is 111 Å². The molecule has 1 aromatic rings. The summed E-state index contributed by atoms with van der Waals surface area (Å²) >= 11 is 0. The van der Waals surface area contributed by atoms with Gasteiger partial charge in [0, 0.05) is 19.6 Å². The molecule has 106 valence electrons. The van der Waals surface area contributed by atoms with E-state index in [2.05, 4.69) is 10.3 Å². The lowest BCUT2D eigenvalue weighted by Crippen LogP contribution is -2.46. The first-order valence-corrected chi connectivity index (χ1v) is 6.38. The maximum Gasteiger partial charge on any atom is 0.360 e. The van der Waals surface area contributed by atoms with E-state index in [4.69, 9.17) is 13.9 Å². The second-order valence-corrected chi connectivity index (χ2v) is 4.23. The van der Waals surface area contributed by atoms with E-state index in [9.17, 15) is 4.79 Å². The van der Waals surface area contributed by atoms with Crippen LogP contribution in [0.5, 0.6) is 0 Å². The van der Waals surface area contributed by atoms with Crippen LogP contribution in [0.2, 0.25) is 0 Å². The van der Waals surface area contributed by atoms with Crippen molar-refractivity contribution in [3.63, 3.8) is 0 Å². The standard InChI is InChI=1S/C12H19N3O4/c1-3-17-11(16)10-8-19-12(14-10)15-4-5-18-9(7-15)6-13-2/h8-9,13H,3-7H2,1-2H3. The van der Waals surface area contributed by atoms with Crippen molar-refractivity contribution in [1.82, 2.24) is 10.3 Å². The summed E-state index contributed by atoms with van der Waals surface area (Å²) < 4.78 is 15.8. The van der Waals surface area contributed by atoms with Gasteiger partial charge >= 0.3 is 5.97 Å². The van der Waals surface area contributed by atoms with E-state index in [0.29, 0.717) is 32.3 Å². The highest BCUT2D eigenvalue weighted by atomic mass is 16.5. The predicted octanol–water partition coefficient (Wildman–Crippen LogP) is 0.276. The van der Waals surface area contributed by atoms with Crippen molar-refractivity contribution < 1.29 is 18.7 Å². The lowest BCUT2D eigenvalue weighted by Gasteiger charge is -2.31. The molecule has 7 nitrogen and oxygen atoms in total. The predicted molar refractivity (Wildman–Crippen MR) is 68.3 cm³/mol. The first-order valence-electron chi connectivity index (χ1n) is 6.38. The Balaban J connectivity index is 1.99. The summed E-state index contributed by atoms with van der Waals surface area (Å²) in [5.74, 6) is -0.461. The zero-order chi connectivity index (χ0) is 13.7. The smallest absolute Gasteiger partial charge is 0.360 e. The molecule has 0 aromatic carbocycles. The third kappa shape index (κ3) is 3.45. The fraction of sp³-hybridized carbons (Fsp3) is 0.667. The van der Waals surface area contributed by atoms with Gasteiger partial charge in [0.25, 0.3) is 6.01 Å². The van der Waals surface area contributed by atoms with Gasteiger partial charge in [-0.2, -0.15) is 4.98 Å². The summed E-state index contributed by atoms with van der Waals surface area (Å²) in [6.45, 7) is 4.84. The molecule has 1 aromatic heterocycles. The van der Waals surface area contributed by atoms with Crippen LogP contribution < -0.4 is 10.2 Å². The highest BCUT2D eigenvalue weighted by Gasteiger charge is 2.24. The third-order valence-electron chi connectivity index (χ3n) is 2.82. The second kappa shape index (κ2) is 6.53. The number of rotatable bonds is 5. The van der Waals surface area contributed by atoms with E-state index in [1.54, 1.807) is 6.92 Å². The Kier molecular flexibility index (Phi) is 4.75. The molecule has 2 rings (SSSR count). The average molecular weight is 269 g/mol. The van der Waals surface area contributed by atoms with Gasteiger partial charge in [-0.05, 0) is 14.0 Å². The first-order chi connectivity index (χ1) is 9.24. The molecule has 1 atom stereocenters. The molecule has 1 saturated heterocycles. The van der Waals surface area contributed by atoms with Crippen LogP contribution in [0.4, 0.5) is 6.01 Å². The van der Waals surface area contributed by atoms with Crippen LogP contribution in [-0.2, 0) is 9.47 Å². The number of hydrogen-bond donors (Lipinski definition) is 1. The molecule has 0 spiro atoms. The van der Waals surface area contributed by atoms with Crippen LogP contribution in [0.3, 0.4) is 0 Å². The van der Waals surface area contributed by atoms with Crippen LogP contribution in [-0.4, -0.2) is 57.0 Å². The zero-order valence-corrected chi connectivity index (χ0v) is 11.2. The minimum absolute atomic E-state index is 0.0942. The van der Waals surface area contributed by atoms with Gasteiger partial charge in [0.1, 0.15) is 6.26 Å². The number of carbonyl (C=O) groups is 1. The molecule has 0 radical (unpaired) electrons. The SMILES string of the molecule is CCOC(=O)c1coc(N2CCOC(CNC)C2)n1. The Morgan fingerprint density at radius 2 is 2.53 bits per heavy atom. The third-order valence-corrected chi connectivity index (χ3v) is 2.82. The zero-order valence-electron chi connectivity index (χ0n) is 11.2. The quantitative estimate of drug-likeness (QED) is 0.769. The summed E-state index contributed by atoms with van der Waals surface area (Å²) in [7, 11) is 1.88.